The maximum Gasteiger partial charge on any atom is 0.272 e. The van der Waals surface area contributed by atoms with Crippen LogP contribution in [0.25, 0.3) is 0 Å². The van der Waals surface area contributed by atoms with Crippen molar-refractivity contribution in [2.45, 2.75) is 0 Å². The Hall–Kier alpha value is -2.33. The van der Waals surface area contributed by atoms with E-state index in [2.05, 4.69) is 10.5 Å². The Morgan fingerprint density at radius 1 is 1.16 bits per heavy atom. The first-order chi connectivity index (χ1) is 9.18. The predicted molar refractivity (Wildman–Crippen MR) is 74.6 cm³/mol. The SMILES string of the molecule is O=C(N/N=C\c1ccccc1O)c1ccccc1Cl. The van der Waals surface area contributed by atoms with Crippen molar-refractivity contribution < 1.29 is 9.90 Å². The number of halogens is 1. The van der Waals surface area contributed by atoms with E-state index in [1.807, 2.05) is 0 Å². The molecule has 96 valence electrons. The normalized spacial score (nSPS) is 10.6. The number of phenolic OH excluding ortho intramolecular Hbond substituents is 1. The standard InChI is InChI=1S/C14H11ClN2O2/c15-12-7-3-2-6-11(12)14(19)17-16-9-10-5-1-4-8-13(10)18/h1-9,18H,(H,17,19)/b16-9-. The summed E-state index contributed by atoms with van der Waals surface area (Å²) in [6.45, 7) is 0. The number of rotatable bonds is 3. The highest BCUT2D eigenvalue weighted by molar-refractivity contribution is 6.33. The zero-order valence-corrected chi connectivity index (χ0v) is 10.6. The molecule has 0 saturated heterocycles. The van der Waals surface area contributed by atoms with Crippen molar-refractivity contribution in [3.05, 3.63) is 64.7 Å². The number of amides is 1. The first-order valence-corrected chi connectivity index (χ1v) is 5.92. The molecule has 1 amide bonds. The van der Waals surface area contributed by atoms with Gasteiger partial charge in [0.2, 0.25) is 0 Å². The molecular formula is C14H11ClN2O2. The van der Waals surface area contributed by atoms with E-state index in [-0.39, 0.29) is 5.75 Å². The lowest BCUT2D eigenvalue weighted by Crippen LogP contribution is -2.17. The van der Waals surface area contributed by atoms with Gasteiger partial charge in [-0.2, -0.15) is 5.10 Å². The highest BCUT2D eigenvalue weighted by Crippen LogP contribution is 2.15. The number of carbonyl (C=O) groups excluding carboxylic acids is 1. The van der Waals surface area contributed by atoms with Crippen LogP contribution in [-0.2, 0) is 0 Å². The molecule has 0 fully saturated rings. The first-order valence-electron chi connectivity index (χ1n) is 5.54. The van der Waals surface area contributed by atoms with Gasteiger partial charge in [0.05, 0.1) is 16.8 Å². The van der Waals surface area contributed by atoms with Gasteiger partial charge in [0.25, 0.3) is 5.91 Å². The van der Waals surface area contributed by atoms with Crippen molar-refractivity contribution >= 4 is 23.7 Å². The molecule has 0 saturated carbocycles. The van der Waals surface area contributed by atoms with Crippen LogP contribution in [0.5, 0.6) is 5.75 Å². The van der Waals surface area contributed by atoms with Crippen LogP contribution in [0.4, 0.5) is 0 Å². The summed E-state index contributed by atoms with van der Waals surface area (Å²) in [7, 11) is 0. The van der Waals surface area contributed by atoms with Crippen LogP contribution in [0.15, 0.2) is 53.6 Å². The van der Waals surface area contributed by atoms with Crippen LogP contribution in [0, 0.1) is 0 Å². The van der Waals surface area contributed by atoms with E-state index in [1.165, 1.54) is 12.3 Å². The number of hydrazone groups is 1. The number of nitrogens with zero attached hydrogens (tertiary/aromatic N) is 1. The molecule has 0 aliphatic rings. The molecule has 19 heavy (non-hydrogen) atoms. The maximum absolute atomic E-state index is 11.8. The summed E-state index contributed by atoms with van der Waals surface area (Å²) in [5.74, 6) is -0.310. The summed E-state index contributed by atoms with van der Waals surface area (Å²) < 4.78 is 0. The van der Waals surface area contributed by atoms with Gasteiger partial charge in [0.15, 0.2) is 0 Å². The third kappa shape index (κ3) is 3.33. The quantitative estimate of drug-likeness (QED) is 0.668. The van der Waals surface area contributed by atoms with E-state index in [9.17, 15) is 9.90 Å². The molecule has 0 radical (unpaired) electrons. The van der Waals surface area contributed by atoms with Gasteiger partial charge in [0, 0.05) is 5.56 Å². The summed E-state index contributed by atoms with van der Waals surface area (Å²) >= 11 is 5.89. The summed E-state index contributed by atoms with van der Waals surface area (Å²) in [6, 6.07) is 13.4. The molecule has 4 nitrogen and oxygen atoms in total. The lowest BCUT2D eigenvalue weighted by Gasteiger charge is -2.02. The van der Waals surface area contributed by atoms with Gasteiger partial charge in [-0.1, -0.05) is 35.9 Å². The second-order valence-electron chi connectivity index (χ2n) is 3.74. The van der Waals surface area contributed by atoms with Crippen LogP contribution in [-0.4, -0.2) is 17.2 Å². The van der Waals surface area contributed by atoms with E-state index in [1.54, 1.807) is 42.5 Å². The molecule has 0 spiro atoms. The second-order valence-corrected chi connectivity index (χ2v) is 4.14. The first kappa shape index (κ1) is 13.1. The Morgan fingerprint density at radius 3 is 2.58 bits per heavy atom. The van der Waals surface area contributed by atoms with Crippen molar-refractivity contribution in [3.63, 3.8) is 0 Å². The van der Waals surface area contributed by atoms with Crippen molar-refractivity contribution in [1.29, 1.82) is 0 Å². The van der Waals surface area contributed by atoms with Crippen molar-refractivity contribution in [2.24, 2.45) is 5.10 Å². The fourth-order valence-corrected chi connectivity index (χ4v) is 1.68. The van der Waals surface area contributed by atoms with Crippen LogP contribution in [0.2, 0.25) is 5.02 Å². The van der Waals surface area contributed by atoms with Crippen molar-refractivity contribution in [3.8, 4) is 5.75 Å². The summed E-state index contributed by atoms with van der Waals surface area (Å²) in [6.07, 6.45) is 1.37. The molecule has 2 rings (SSSR count). The van der Waals surface area contributed by atoms with E-state index < -0.39 is 5.91 Å². The number of aromatic hydroxyl groups is 1. The van der Waals surface area contributed by atoms with Crippen LogP contribution in [0.3, 0.4) is 0 Å². The molecule has 0 aliphatic carbocycles. The smallest absolute Gasteiger partial charge is 0.272 e. The van der Waals surface area contributed by atoms with Gasteiger partial charge in [-0.3, -0.25) is 4.79 Å². The van der Waals surface area contributed by atoms with Gasteiger partial charge in [-0.15, -0.1) is 0 Å². The van der Waals surface area contributed by atoms with Crippen LogP contribution < -0.4 is 5.43 Å². The van der Waals surface area contributed by atoms with Gasteiger partial charge in [-0.25, -0.2) is 5.43 Å². The Morgan fingerprint density at radius 2 is 1.84 bits per heavy atom. The number of hydrogen-bond acceptors (Lipinski definition) is 3. The highest BCUT2D eigenvalue weighted by Gasteiger charge is 2.07. The number of nitrogens with one attached hydrogen (secondary N) is 1. The molecule has 5 heteroatoms. The Kier molecular flexibility index (Phi) is 4.15. The van der Waals surface area contributed by atoms with Gasteiger partial charge < -0.3 is 5.11 Å². The summed E-state index contributed by atoms with van der Waals surface area (Å²) in [5, 5.41) is 13.6. The predicted octanol–water partition coefficient (Wildman–Crippen LogP) is 2.81. The largest absolute Gasteiger partial charge is 0.507 e. The van der Waals surface area contributed by atoms with Gasteiger partial charge >= 0.3 is 0 Å². The van der Waals surface area contributed by atoms with Crippen molar-refractivity contribution in [2.75, 3.05) is 0 Å². The molecule has 0 aromatic heterocycles. The third-order valence-corrected chi connectivity index (χ3v) is 2.75. The van der Waals surface area contributed by atoms with Crippen molar-refractivity contribution in [1.82, 2.24) is 5.43 Å². The van der Waals surface area contributed by atoms with Gasteiger partial charge in [-0.05, 0) is 24.3 Å². The van der Waals surface area contributed by atoms with E-state index in [0.29, 0.717) is 16.1 Å². The van der Waals surface area contributed by atoms with Gasteiger partial charge in [0.1, 0.15) is 5.75 Å². The minimum absolute atomic E-state index is 0.0956. The maximum atomic E-state index is 11.8. The minimum Gasteiger partial charge on any atom is -0.507 e. The number of para-hydroxylation sites is 1. The Labute approximate surface area is 115 Å². The topological polar surface area (TPSA) is 61.7 Å². The highest BCUT2D eigenvalue weighted by atomic mass is 35.5. The fourth-order valence-electron chi connectivity index (χ4n) is 1.46. The molecular weight excluding hydrogens is 264 g/mol. The second kappa shape index (κ2) is 6.02. The average molecular weight is 275 g/mol. The fraction of sp³-hybridized carbons (Fsp3) is 0. The molecule has 0 heterocycles. The summed E-state index contributed by atoms with van der Waals surface area (Å²) in [5.41, 5.74) is 3.21. The molecule has 0 aliphatic heterocycles. The van der Waals surface area contributed by atoms with E-state index >= 15 is 0 Å². The monoisotopic (exact) mass is 274 g/mol. The lowest BCUT2D eigenvalue weighted by molar-refractivity contribution is 0.0955. The number of benzene rings is 2. The average Bonchev–Trinajstić information content (AvgIpc) is 2.41. The van der Waals surface area contributed by atoms with E-state index in [0.717, 1.165) is 0 Å². The Balaban J connectivity index is 2.06. The zero-order valence-electron chi connectivity index (χ0n) is 9.88. The van der Waals surface area contributed by atoms with E-state index in [4.69, 9.17) is 11.6 Å². The minimum atomic E-state index is -0.405. The molecule has 0 bridgehead atoms. The number of hydrogen-bond donors (Lipinski definition) is 2. The summed E-state index contributed by atoms with van der Waals surface area (Å²) in [4.78, 5) is 11.8. The molecule has 2 aromatic rings. The lowest BCUT2D eigenvalue weighted by atomic mass is 10.2. The number of phenols is 1. The van der Waals surface area contributed by atoms with Crippen LogP contribution in [0.1, 0.15) is 15.9 Å². The molecule has 0 atom stereocenters. The molecule has 2 aromatic carbocycles. The molecule has 0 unspecified atom stereocenters. The zero-order chi connectivity index (χ0) is 13.7. The van der Waals surface area contributed by atoms with Crippen LogP contribution >= 0.6 is 11.6 Å². The Bertz CT molecular complexity index is 626. The number of carbonyl (C=O) groups is 1. The third-order valence-electron chi connectivity index (χ3n) is 2.42. The molecule has 2 N–H and O–H groups in total.